The number of nitrogens with one attached hydrogen (secondary N) is 2. The number of halogens is 4. The van der Waals surface area contributed by atoms with E-state index in [4.69, 9.17) is 4.42 Å². The van der Waals surface area contributed by atoms with Crippen LogP contribution >= 0.6 is 24.0 Å². The van der Waals surface area contributed by atoms with Gasteiger partial charge in [0.05, 0.1) is 5.92 Å². The third-order valence-corrected chi connectivity index (χ3v) is 4.29. The number of hydrogen-bond donors (Lipinski definition) is 2. The molecule has 2 rings (SSSR count). The van der Waals surface area contributed by atoms with Crippen molar-refractivity contribution in [1.29, 1.82) is 0 Å². The molecule has 24 heavy (non-hydrogen) atoms. The normalized spacial score (nSPS) is 22.0. The van der Waals surface area contributed by atoms with Crippen LogP contribution < -0.4 is 10.6 Å². The van der Waals surface area contributed by atoms with Gasteiger partial charge in [0.1, 0.15) is 11.5 Å². The number of alkyl halides is 3. The van der Waals surface area contributed by atoms with E-state index in [1.165, 1.54) is 0 Å². The lowest BCUT2D eigenvalue weighted by molar-refractivity contribution is -0.183. The Labute approximate surface area is 157 Å². The van der Waals surface area contributed by atoms with Crippen molar-refractivity contribution in [3.8, 4) is 0 Å². The molecule has 2 N–H and O–H groups in total. The minimum atomic E-state index is -4.11. The summed E-state index contributed by atoms with van der Waals surface area (Å²) in [6, 6.07) is 1.74. The number of rotatable bonds is 3. The molecule has 1 aliphatic carbocycles. The smallest absolute Gasteiger partial charge is 0.391 e. The van der Waals surface area contributed by atoms with Crippen LogP contribution in [0.5, 0.6) is 0 Å². The molecule has 1 fully saturated rings. The van der Waals surface area contributed by atoms with Crippen LogP contribution in [0.2, 0.25) is 0 Å². The molecule has 4 nitrogen and oxygen atoms in total. The third-order valence-electron chi connectivity index (χ3n) is 4.29. The summed E-state index contributed by atoms with van der Waals surface area (Å²) in [6.45, 7) is 4.29. The van der Waals surface area contributed by atoms with E-state index < -0.39 is 12.1 Å². The van der Waals surface area contributed by atoms with Crippen molar-refractivity contribution in [2.75, 3.05) is 7.05 Å². The zero-order valence-corrected chi connectivity index (χ0v) is 16.5. The highest BCUT2D eigenvalue weighted by atomic mass is 127. The maximum atomic E-state index is 12.9. The van der Waals surface area contributed by atoms with Gasteiger partial charge in [-0.05, 0) is 39.2 Å². The molecule has 1 heterocycles. The van der Waals surface area contributed by atoms with E-state index in [0.29, 0.717) is 18.9 Å². The lowest BCUT2D eigenvalue weighted by Gasteiger charge is -2.31. The average molecular weight is 459 g/mol. The Morgan fingerprint density at radius 2 is 2.04 bits per heavy atom. The predicted molar refractivity (Wildman–Crippen MR) is 98.7 cm³/mol. The number of nitrogens with zero attached hydrogens (tertiary/aromatic N) is 1. The Hall–Kier alpha value is -0.930. The highest BCUT2D eigenvalue weighted by Gasteiger charge is 2.42. The van der Waals surface area contributed by atoms with Crippen molar-refractivity contribution in [2.45, 2.75) is 58.3 Å². The van der Waals surface area contributed by atoms with Crippen molar-refractivity contribution >= 4 is 29.9 Å². The molecule has 0 amide bonds. The number of furan rings is 1. The van der Waals surface area contributed by atoms with Gasteiger partial charge in [0.25, 0.3) is 0 Å². The van der Waals surface area contributed by atoms with Gasteiger partial charge in [0.2, 0.25) is 0 Å². The highest BCUT2D eigenvalue weighted by Crippen LogP contribution is 2.37. The van der Waals surface area contributed by atoms with E-state index in [-0.39, 0.29) is 42.9 Å². The molecule has 0 aliphatic heterocycles. The van der Waals surface area contributed by atoms with Gasteiger partial charge < -0.3 is 15.1 Å². The Kier molecular flexibility index (Phi) is 7.88. The molecule has 1 aromatic rings. The van der Waals surface area contributed by atoms with E-state index >= 15 is 0 Å². The molecular weight excluding hydrogens is 434 g/mol. The molecule has 1 aromatic heterocycles. The molecule has 0 spiro atoms. The van der Waals surface area contributed by atoms with Gasteiger partial charge >= 0.3 is 6.18 Å². The summed E-state index contributed by atoms with van der Waals surface area (Å²) in [4.78, 5) is 4.10. The number of hydrogen-bond acceptors (Lipinski definition) is 2. The number of aryl methyl sites for hydroxylation is 2. The second-order valence-electron chi connectivity index (χ2n) is 6.11. The standard InChI is InChI=1S/C16H24F3N3O.HI/c1-10-7-12(11(2)23-10)9-21-15(20-3)22-14-6-4-5-13(8-14)16(17,18)19;/h7,13-14H,4-6,8-9H2,1-3H3,(H2,20,21,22);1H. The molecule has 0 aromatic carbocycles. The fourth-order valence-electron chi connectivity index (χ4n) is 3.04. The van der Waals surface area contributed by atoms with Crippen LogP contribution in [0.25, 0.3) is 0 Å². The fraction of sp³-hybridized carbons (Fsp3) is 0.688. The van der Waals surface area contributed by atoms with Crippen LogP contribution in [0, 0.1) is 19.8 Å². The Balaban J connectivity index is 0.00000288. The maximum absolute atomic E-state index is 12.9. The molecule has 138 valence electrons. The van der Waals surface area contributed by atoms with E-state index in [1.54, 1.807) is 7.05 Å². The molecule has 2 unspecified atom stereocenters. The van der Waals surface area contributed by atoms with Crippen molar-refractivity contribution in [1.82, 2.24) is 10.6 Å². The Morgan fingerprint density at radius 1 is 1.33 bits per heavy atom. The topological polar surface area (TPSA) is 49.6 Å². The van der Waals surface area contributed by atoms with Gasteiger partial charge in [-0.2, -0.15) is 13.2 Å². The van der Waals surface area contributed by atoms with Gasteiger partial charge in [-0.25, -0.2) is 0 Å². The average Bonchev–Trinajstić information content (AvgIpc) is 2.81. The first-order valence-electron chi connectivity index (χ1n) is 7.89. The zero-order valence-electron chi connectivity index (χ0n) is 14.2. The highest BCUT2D eigenvalue weighted by molar-refractivity contribution is 14.0. The SMILES string of the molecule is CN=C(NCc1cc(C)oc1C)NC1CCCC(C(F)(F)F)C1.I. The molecule has 0 saturated heterocycles. The van der Waals surface area contributed by atoms with Crippen LogP contribution in [0.4, 0.5) is 13.2 Å². The molecule has 8 heteroatoms. The van der Waals surface area contributed by atoms with Gasteiger partial charge in [0.15, 0.2) is 5.96 Å². The van der Waals surface area contributed by atoms with Gasteiger partial charge in [0, 0.05) is 25.2 Å². The van der Waals surface area contributed by atoms with Crippen LogP contribution in [0.15, 0.2) is 15.5 Å². The van der Waals surface area contributed by atoms with E-state index in [0.717, 1.165) is 23.5 Å². The van der Waals surface area contributed by atoms with Crippen LogP contribution in [-0.2, 0) is 6.54 Å². The van der Waals surface area contributed by atoms with E-state index in [1.807, 2.05) is 19.9 Å². The largest absolute Gasteiger partial charge is 0.466 e. The minimum absolute atomic E-state index is 0. The van der Waals surface area contributed by atoms with Gasteiger partial charge in [-0.1, -0.05) is 6.42 Å². The van der Waals surface area contributed by atoms with Crippen LogP contribution in [0.3, 0.4) is 0 Å². The summed E-state index contributed by atoms with van der Waals surface area (Å²) in [5.74, 6) is 0.976. The van der Waals surface area contributed by atoms with E-state index in [2.05, 4.69) is 15.6 Å². The zero-order chi connectivity index (χ0) is 17.0. The second-order valence-corrected chi connectivity index (χ2v) is 6.11. The van der Waals surface area contributed by atoms with E-state index in [9.17, 15) is 13.2 Å². The summed E-state index contributed by atoms with van der Waals surface area (Å²) in [5, 5.41) is 6.25. The molecule has 0 bridgehead atoms. The second kappa shape index (κ2) is 8.96. The number of guanidine groups is 1. The molecule has 0 radical (unpaired) electrons. The fourth-order valence-corrected chi connectivity index (χ4v) is 3.04. The Bertz CT molecular complexity index is 557. The van der Waals surface area contributed by atoms with Crippen LogP contribution in [-0.4, -0.2) is 25.2 Å². The monoisotopic (exact) mass is 459 g/mol. The van der Waals surface area contributed by atoms with Gasteiger partial charge in [-0.15, -0.1) is 24.0 Å². The van der Waals surface area contributed by atoms with Crippen molar-refractivity contribution < 1.29 is 17.6 Å². The molecule has 1 saturated carbocycles. The summed E-state index contributed by atoms with van der Waals surface area (Å²) in [7, 11) is 1.62. The Morgan fingerprint density at radius 3 is 2.58 bits per heavy atom. The molecule has 1 aliphatic rings. The summed E-state index contributed by atoms with van der Waals surface area (Å²) < 4.78 is 44.1. The van der Waals surface area contributed by atoms with Crippen LogP contribution in [0.1, 0.15) is 42.8 Å². The predicted octanol–water partition coefficient (Wildman–Crippen LogP) is 4.30. The summed E-state index contributed by atoms with van der Waals surface area (Å²) in [5.41, 5.74) is 1.02. The summed E-state index contributed by atoms with van der Waals surface area (Å²) in [6.07, 6.45) is -2.46. The molecular formula is C16H25F3IN3O. The van der Waals surface area contributed by atoms with Gasteiger partial charge in [-0.3, -0.25) is 4.99 Å². The first kappa shape index (κ1) is 21.1. The first-order valence-corrected chi connectivity index (χ1v) is 7.89. The van der Waals surface area contributed by atoms with Crippen molar-refractivity contribution in [3.05, 3.63) is 23.2 Å². The quantitative estimate of drug-likeness (QED) is 0.403. The third kappa shape index (κ3) is 5.86. The first-order chi connectivity index (χ1) is 10.8. The number of aliphatic imine (C=N–C) groups is 1. The lowest BCUT2D eigenvalue weighted by atomic mass is 9.85. The molecule has 2 atom stereocenters. The summed E-state index contributed by atoms with van der Waals surface area (Å²) >= 11 is 0. The maximum Gasteiger partial charge on any atom is 0.391 e. The lowest BCUT2D eigenvalue weighted by Crippen LogP contribution is -2.46. The minimum Gasteiger partial charge on any atom is -0.466 e. The van der Waals surface area contributed by atoms with Crippen molar-refractivity contribution in [3.63, 3.8) is 0 Å². The van der Waals surface area contributed by atoms with Crippen molar-refractivity contribution in [2.24, 2.45) is 10.9 Å².